The van der Waals surface area contributed by atoms with Crippen LogP contribution >= 0.6 is 11.3 Å². The fraction of sp³-hybridized carbons (Fsp3) is 0.167. The van der Waals surface area contributed by atoms with Crippen LogP contribution in [0.3, 0.4) is 0 Å². The molecule has 0 saturated heterocycles. The van der Waals surface area contributed by atoms with Crippen LogP contribution in [-0.4, -0.2) is 38.8 Å². The molecular weight excluding hydrogens is 383 g/mol. The lowest BCUT2D eigenvalue weighted by molar-refractivity contribution is 0.0782. The van der Waals surface area contributed by atoms with Crippen molar-refractivity contribution in [2.45, 2.75) is 13.1 Å². The number of carbonyl (C=O) groups excluding carboxylic acids is 2. The standard InChI is InChI=1S/C18H17FN6O2S/c1-25(16(26)13-7-20-11-21-8-13)9-15-10-28-18(23-15)24-17(27)22-6-12-3-2-4-14(19)5-12/h2-5,7-8,10-11H,6,9H2,1H3,(H2,22,23,24,27). The van der Waals surface area contributed by atoms with Gasteiger partial charge in [-0.15, -0.1) is 11.3 Å². The Labute approximate surface area is 164 Å². The van der Waals surface area contributed by atoms with E-state index in [1.807, 2.05) is 0 Å². The molecule has 0 radical (unpaired) electrons. The first-order chi connectivity index (χ1) is 13.5. The molecule has 3 amide bonds. The van der Waals surface area contributed by atoms with Crippen LogP contribution in [0.15, 0.2) is 48.4 Å². The van der Waals surface area contributed by atoms with E-state index in [1.165, 1.54) is 47.1 Å². The lowest BCUT2D eigenvalue weighted by Crippen LogP contribution is -2.28. The van der Waals surface area contributed by atoms with E-state index >= 15 is 0 Å². The number of urea groups is 1. The van der Waals surface area contributed by atoms with Gasteiger partial charge in [0.15, 0.2) is 5.13 Å². The Morgan fingerprint density at radius 3 is 2.79 bits per heavy atom. The average molecular weight is 400 g/mol. The van der Waals surface area contributed by atoms with E-state index in [1.54, 1.807) is 24.6 Å². The summed E-state index contributed by atoms with van der Waals surface area (Å²) >= 11 is 1.25. The van der Waals surface area contributed by atoms with Gasteiger partial charge in [-0.3, -0.25) is 10.1 Å². The number of nitrogens with zero attached hydrogens (tertiary/aromatic N) is 4. The number of hydrogen-bond acceptors (Lipinski definition) is 6. The predicted octanol–water partition coefficient (Wildman–Crippen LogP) is 2.67. The molecule has 1 aromatic carbocycles. The maximum Gasteiger partial charge on any atom is 0.321 e. The van der Waals surface area contributed by atoms with E-state index in [0.717, 1.165) is 0 Å². The van der Waals surface area contributed by atoms with Gasteiger partial charge >= 0.3 is 6.03 Å². The molecule has 0 fully saturated rings. The zero-order valence-electron chi connectivity index (χ0n) is 14.9. The van der Waals surface area contributed by atoms with E-state index in [-0.39, 0.29) is 24.8 Å². The Morgan fingerprint density at radius 2 is 2.04 bits per heavy atom. The van der Waals surface area contributed by atoms with Gasteiger partial charge in [-0.2, -0.15) is 0 Å². The van der Waals surface area contributed by atoms with Gasteiger partial charge in [-0.1, -0.05) is 12.1 Å². The minimum Gasteiger partial charge on any atom is -0.336 e. The Balaban J connectivity index is 1.50. The molecule has 0 unspecified atom stereocenters. The van der Waals surface area contributed by atoms with E-state index < -0.39 is 6.03 Å². The summed E-state index contributed by atoms with van der Waals surface area (Å²) in [5, 5.41) is 7.41. The van der Waals surface area contributed by atoms with Gasteiger partial charge in [0.2, 0.25) is 0 Å². The topological polar surface area (TPSA) is 100 Å². The van der Waals surface area contributed by atoms with Crippen LogP contribution in [0, 0.1) is 5.82 Å². The van der Waals surface area contributed by atoms with Gasteiger partial charge in [0.25, 0.3) is 5.91 Å². The zero-order chi connectivity index (χ0) is 19.9. The van der Waals surface area contributed by atoms with Crippen LogP contribution in [0.4, 0.5) is 14.3 Å². The van der Waals surface area contributed by atoms with Gasteiger partial charge in [-0.05, 0) is 17.7 Å². The lowest BCUT2D eigenvalue weighted by Gasteiger charge is -2.15. The van der Waals surface area contributed by atoms with Crippen LogP contribution in [0.1, 0.15) is 21.6 Å². The molecule has 0 saturated carbocycles. The summed E-state index contributed by atoms with van der Waals surface area (Å²) in [6.45, 7) is 0.467. The Kier molecular flexibility index (Phi) is 6.22. The number of amides is 3. The van der Waals surface area contributed by atoms with Crippen LogP contribution in [-0.2, 0) is 13.1 Å². The van der Waals surface area contributed by atoms with Crippen LogP contribution in [0.25, 0.3) is 0 Å². The Hall–Kier alpha value is -3.40. The summed E-state index contributed by atoms with van der Waals surface area (Å²) in [7, 11) is 1.65. The number of hydrogen-bond donors (Lipinski definition) is 2. The Morgan fingerprint density at radius 1 is 1.25 bits per heavy atom. The molecule has 2 heterocycles. The van der Waals surface area contributed by atoms with Crippen molar-refractivity contribution >= 4 is 28.4 Å². The van der Waals surface area contributed by atoms with Crippen molar-refractivity contribution < 1.29 is 14.0 Å². The maximum absolute atomic E-state index is 13.1. The third-order valence-electron chi connectivity index (χ3n) is 3.67. The summed E-state index contributed by atoms with van der Waals surface area (Å²) in [5.74, 6) is -0.582. The Bertz CT molecular complexity index is 965. The molecule has 0 aliphatic rings. The number of rotatable bonds is 6. The van der Waals surface area contributed by atoms with Gasteiger partial charge in [-0.25, -0.2) is 24.1 Å². The van der Waals surface area contributed by atoms with Crippen LogP contribution in [0.2, 0.25) is 0 Å². The molecule has 0 spiro atoms. The highest BCUT2D eigenvalue weighted by Crippen LogP contribution is 2.17. The predicted molar refractivity (Wildman–Crippen MR) is 102 cm³/mol. The third kappa shape index (κ3) is 5.30. The molecule has 28 heavy (non-hydrogen) atoms. The second-order valence-corrected chi connectivity index (χ2v) is 6.73. The van der Waals surface area contributed by atoms with Crippen LogP contribution in [0.5, 0.6) is 0 Å². The smallest absolute Gasteiger partial charge is 0.321 e. The normalized spacial score (nSPS) is 10.4. The van der Waals surface area contributed by atoms with Gasteiger partial charge in [0, 0.05) is 31.4 Å². The molecule has 0 aliphatic carbocycles. The highest BCUT2D eigenvalue weighted by molar-refractivity contribution is 7.13. The molecule has 2 aromatic heterocycles. The van der Waals surface area contributed by atoms with E-state index in [4.69, 9.17) is 0 Å². The number of benzene rings is 1. The maximum atomic E-state index is 13.1. The molecule has 0 atom stereocenters. The average Bonchev–Trinajstić information content (AvgIpc) is 3.13. The third-order valence-corrected chi connectivity index (χ3v) is 4.47. The summed E-state index contributed by atoms with van der Waals surface area (Å²) in [6, 6.07) is 5.54. The first-order valence-corrected chi connectivity index (χ1v) is 9.13. The molecule has 144 valence electrons. The second-order valence-electron chi connectivity index (χ2n) is 5.87. The first-order valence-electron chi connectivity index (χ1n) is 8.25. The molecule has 0 aliphatic heterocycles. The van der Waals surface area contributed by atoms with Crippen molar-refractivity contribution in [3.05, 3.63) is 71.0 Å². The molecule has 0 bridgehead atoms. The molecule has 3 rings (SSSR count). The molecule has 10 heteroatoms. The van der Waals surface area contributed by atoms with Gasteiger partial charge in [0.05, 0.1) is 17.8 Å². The zero-order valence-corrected chi connectivity index (χ0v) is 15.7. The fourth-order valence-electron chi connectivity index (χ4n) is 2.35. The van der Waals surface area contributed by atoms with E-state index in [9.17, 15) is 14.0 Å². The van der Waals surface area contributed by atoms with Gasteiger partial charge < -0.3 is 10.2 Å². The highest BCUT2D eigenvalue weighted by atomic mass is 32.1. The minimum atomic E-state index is -0.448. The number of thiazole rings is 1. The van der Waals surface area contributed by atoms with E-state index in [2.05, 4.69) is 25.6 Å². The SMILES string of the molecule is CN(Cc1csc(NC(=O)NCc2cccc(F)c2)n1)C(=O)c1cncnc1. The number of halogens is 1. The van der Waals surface area contributed by atoms with Crippen molar-refractivity contribution in [2.24, 2.45) is 0 Å². The van der Waals surface area contributed by atoms with Crippen molar-refractivity contribution in [1.82, 2.24) is 25.2 Å². The van der Waals surface area contributed by atoms with Crippen molar-refractivity contribution in [3.8, 4) is 0 Å². The monoisotopic (exact) mass is 400 g/mol. The highest BCUT2D eigenvalue weighted by Gasteiger charge is 2.14. The lowest BCUT2D eigenvalue weighted by atomic mass is 10.2. The quantitative estimate of drug-likeness (QED) is 0.663. The number of carbonyl (C=O) groups is 2. The largest absolute Gasteiger partial charge is 0.336 e. The van der Waals surface area contributed by atoms with E-state index in [0.29, 0.717) is 22.0 Å². The summed E-state index contributed by atoms with van der Waals surface area (Å²) in [4.78, 5) is 37.7. The number of nitrogens with one attached hydrogen (secondary N) is 2. The molecule has 3 aromatic rings. The first kappa shape index (κ1) is 19.4. The molecular formula is C18H17FN6O2S. The second kappa shape index (κ2) is 9.00. The number of anilines is 1. The molecule has 2 N–H and O–H groups in total. The summed E-state index contributed by atoms with van der Waals surface area (Å²) in [6.07, 6.45) is 4.25. The van der Waals surface area contributed by atoms with Crippen molar-refractivity contribution in [3.63, 3.8) is 0 Å². The van der Waals surface area contributed by atoms with Crippen molar-refractivity contribution in [2.75, 3.05) is 12.4 Å². The summed E-state index contributed by atoms with van der Waals surface area (Å²) in [5.41, 5.74) is 1.67. The van der Waals surface area contributed by atoms with Gasteiger partial charge in [0.1, 0.15) is 12.1 Å². The minimum absolute atomic E-state index is 0.193. The van der Waals surface area contributed by atoms with Crippen molar-refractivity contribution in [1.29, 1.82) is 0 Å². The summed E-state index contributed by atoms with van der Waals surface area (Å²) < 4.78 is 13.1. The fourth-order valence-corrected chi connectivity index (χ4v) is 3.05. The number of aromatic nitrogens is 3. The molecule has 8 nitrogen and oxygen atoms in total. The van der Waals surface area contributed by atoms with Crippen LogP contribution < -0.4 is 10.6 Å².